The Morgan fingerprint density at radius 1 is 1.24 bits per heavy atom. The Balaban J connectivity index is 2.00. The van der Waals surface area contributed by atoms with Gasteiger partial charge in [0.25, 0.3) is 5.56 Å². The van der Waals surface area contributed by atoms with Crippen molar-refractivity contribution in [2.24, 2.45) is 12.8 Å². The first kappa shape index (κ1) is 18.9. The van der Waals surface area contributed by atoms with Gasteiger partial charge in [0.2, 0.25) is 0 Å². The lowest BCUT2D eigenvalue weighted by Gasteiger charge is -2.12. The van der Waals surface area contributed by atoms with Crippen LogP contribution in [0.3, 0.4) is 0 Å². The molecule has 0 spiro atoms. The third-order valence-electron chi connectivity index (χ3n) is 4.88. The molecule has 0 aliphatic heterocycles. The Morgan fingerprint density at radius 3 is 2.76 bits per heavy atom. The van der Waals surface area contributed by atoms with Gasteiger partial charge in [0, 0.05) is 29.6 Å². The number of hydrogen-bond donors (Lipinski definition) is 2. The zero-order chi connectivity index (χ0) is 20.7. The minimum absolute atomic E-state index is 0.274. The third kappa shape index (κ3) is 3.09. The SMILES string of the molecule is C[C@@H](N)c1n[nH]c(=O)c2ccc(-c3cnn(C)c3-c3cccc(Cl)c3C#N)cc12. The number of benzene rings is 2. The van der Waals surface area contributed by atoms with Crippen molar-refractivity contribution in [3.63, 3.8) is 0 Å². The molecule has 0 saturated carbocycles. The highest BCUT2D eigenvalue weighted by molar-refractivity contribution is 6.32. The summed E-state index contributed by atoms with van der Waals surface area (Å²) in [5.41, 5.74) is 9.84. The average Bonchev–Trinajstić information content (AvgIpc) is 3.08. The monoisotopic (exact) mass is 404 g/mol. The molecule has 7 nitrogen and oxygen atoms in total. The van der Waals surface area contributed by atoms with E-state index in [0.717, 1.165) is 16.8 Å². The molecule has 0 unspecified atom stereocenters. The van der Waals surface area contributed by atoms with Crippen molar-refractivity contribution < 1.29 is 0 Å². The van der Waals surface area contributed by atoms with E-state index in [1.807, 2.05) is 32.2 Å². The van der Waals surface area contributed by atoms with E-state index in [9.17, 15) is 10.1 Å². The Kier molecular flexibility index (Phi) is 4.66. The Morgan fingerprint density at radius 2 is 2.03 bits per heavy atom. The first-order valence-corrected chi connectivity index (χ1v) is 9.29. The minimum Gasteiger partial charge on any atom is -0.323 e. The third-order valence-corrected chi connectivity index (χ3v) is 5.19. The first-order chi connectivity index (χ1) is 13.9. The van der Waals surface area contributed by atoms with Crippen molar-refractivity contribution in [2.75, 3.05) is 0 Å². The fourth-order valence-corrected chi connectivity index (χ4v) is 3.72. The van der Waals surface area contributed by atoms with E-state index in [4.69, 9.17) is 17.3 Å². The van der Waals surface area contributed by atoms with Crippen LogP contribution >= 0.6 is 11.6 Å². The summed E-state index contributed by atoms with van der Waals surface area (Å²) < 4.78 is 1.70. The van der Waals surface area contributed by atoms with Crippen LogP contribution in [0, 0.1) is 11.3 Å². The average molecular weight is 405 g/mol. The number of hydrogen-bond acceptors (Lipinski definition) is 5. The van der Waals surface area contributed by atoms with Crippen molar-refractivity contribution in [3.8, 4) is 28.5 Å². The molecule has 29 heavy (non-hydrogen) atoms. The summed E-state index contributed by atoms with van der Waals surface area (Å²) in [6.07, 6.45) is 1.73. The van der Waals surface area contributed by atoms with Crippen LogP contribution in [0.15, 0.2) is 47.4 Å². The van der Waals surface area contributed by atoms with Gasteiger partial charge in [-0.15, -0.1) is 0 Å². The molecular weight excluding hydrogens is 388 g/mol. The van der Waals surface area contributed by atoms with Crippen LogP contribution < -0.4 is 11.3 Å². The van der Waals surface area contributed by atoms with E-state index >= 15 is 0 Å². The second kappa shape index (κ2) is 7.17. The van der Waals surface area contributed by atoms with Crippen LogP contribution in [0.2, 0.25) is 5.02 Å². The summed E-state index contributed by atoms with van der Waals surface area (Å²) in [5, 5.41) is 22.2. The zero-order valence-electron chi connectivity index (χ0n) is 15.8. The van der Waals surface area contributed by atoms with Crippen molar-refractivity contribution in [1.29, 1.82) is 5.26 Å². The number of aryl methyl sites for hydroxylation is 1. The molecule has 1 atom stereocenters. The van der Waals surface area contributed by atoms with E-state index in [2.05, 4.69) is 21.4 Å². The number of nitrogens with one attached hydrogen (secondary N) is 1. The van der Waals surface area contributed by atoms with Gasteiger partial charge in [0.1, 0.15) is 6.07 Å². The Labute approximate surface area is 171 Å². The largest absolute Gasteiger partial charge is 0.323 e. The molecule has 0 bridgehead atoms. The van der Waals surface area contributed by atoms with Gasteiger partial charge in [-0.2, -0.15) is 15.5 Å². The number of nitrogens with zero attached hydrogens (tertiary/aromatic N) is 4. The molecule has 4 rings (SSSR count). The predicted octanol–water partition coefficient (Wildman–Crippen LogP) is 3.54. The van der Waals surface area contributed by atoms with Crippen molar-refractivity contribution in [1.82, 2.24) is 20.0 Å². The molecule has 3 N–H and O–H groups in total. The Hall–Kier alpha value is -3.47. The highest BCUT2D eigenvalue weighted by atomic mass is 35.5. The summed E-state index contributed by atoms with van der Waals surface area (Å²) in [4.78, 5) is 12.2. The maximum atomic E-state index is 12.2. The molecule has 144 valence electrons. The summed E-state index contributed by atoms with van der Waals surface area (Å²) in [6.45, 7) is 1.81. The quantitative estimate of drug-likeness (QED) is 0.542. The van der Waals surface area contributed by atoms with Crippen LogP contribution in [-0.2, 0) is 7.05 Å². The number of nitrogens with two attached hydrogens (primary N) is 1. The molecular formula is C21H17ClN6O. The zero-order valence-corrected chi connectivity index (χ0v) is 16.5. The van der Waals surface area contributed by atoms with Gasteiger partial charge >= 0.3 is 0 Å². The van der Waals surface area contributed by atoms with Gasteiger partial charge in [-0.1, -0.05) is 29.8 Å². The predicted molar refractivity (Wildman–Crippen MR) is 112 cm³/mol. The maximum Gasteiger partial charge on any atom is 0.272 e. The summed E-state index contributed by atoms with van der Waals surface area (Å²) >= 11 is 6.24. The van der Waals surface area contributed by atoms with Crippen LogP contribution in [-0.4, -0.2) is 20.0 Å². The van der Waals surface area contributed by atoms with Gasteiger partial charge in [-0.25, -0.2) is 5.10 Å². The molecule has 4 aromatic rings. The number of halogens is 1. The smallest absolute Gasteiger partial charge is 0.272 e. The lowest BCUT2D eigenvalue weighted by molar-refractivity contribution is 0.759. The Bertz CT molecular complexity index is 1350. The van der Waals surface area contributed by atoms with Gasteiger partial charge < -0.3 is 5.73 Å². The molecule has 0 radical (unpaired) electrons. The summed E-state index contributed by atoms with van der Waals surface area (Å²) in [5.74, 6) is 0. The van der Waals surface area contributed by atoms with Crippen molar-refractivity contribution in [3.05, 3.63) is 69.2 Å². The van der Waals surface area contributed by atoms with E-state index in [-0.39, 0.29) is 11.6 Å². The normalized spacial score (nSPS) is 12.1. The molecule has 2 aromatic carbocycles. The van der Waals surface area contributed by atoms with E-state index in [0.29, 0.717) is 32.6 Å². The van der Waals surface area contributed by atoms with E-state index < -0.39 is 0 Å². The van der Waals surface area contributed by atoms with Crippen molar-refractivity contribution in [2.45, 2.75) is 13.0 Å². The molecule has 8 heteroatoms. The highest BCUT2D eigenvalue weighted by Gasteiger charge is 2.19. The summed E-state index contributed by atoms with van der Waals surface area (Å²) in [7, 11) is 1.81. The van der Waals surface area contributed by atoms with E-state index in [1.165, 1.54) is 0 Å². The second-order valence-corrected chi connectivity index (χ2v) is 7.20. The first-order valence-electron chi connectivity index (χ1n) is 8.91. The molecule has 0 aliphatic carbocycles. The van der Waals surface area contributed by atoms with E-state index in [1.54, 1.807) is 29.1 Å². The molecule has 2 aromatic heterocycles. The molecule has 0 aliphatic rings. The lowest BCUT2D eigenvalue weighted by atomic mass is 9.96. The number of H-pyrrole nitrogens is 1. The van der Waals surface area contributed by atoms with Crippen LogP contribution in [0.5, 0.6) is 0 Å². The number of aromatic amines is 1. The number of aromatic nitrogens is 4. The van der Waals surface area contributed by atoms with Gasteiger partial charge in [0.15, 0.2) is 0 Å². The van der Waals surface area contributed by atoms with Gasteiger partial charge in [0.05, 0.1) is 33.6 Å². The second-order valence-electron chi connectivity index (χ2n) is 6.79. The molecule has 0 amide bonds. The lowest BCUT2D eigenvalue weighted by Crippen LogP contribution is -2.16. The topological polar surface area (TPSA) is 113 Å². The van der Waals surface area contributed by atoms with Crippen molar-refractivity contribution >= 4 is 22.4 Å². The van der Waals surface area contributed by atoms with Crippen LogP contribution in [0.25, 0.3) is 33.2 Å². The summed E-state index contributed by atoms with van der Waals surface area (Å²) in [6, 6.07) is 12.6. The van der Waals surface area contributed by atoms with Gasteiger partial charge in [-0.3, -0.25) is 9.48 Å². The minimum atomic E-state index is -0.351. The van der Waals surface area contributed by atoms with Gasteiger partial charge in [-0.05, 0) is 30.7 Å². The number of rotatable bonds is 3. The fraction of sp³-hybridized carbons (Fsp3) is 0.143. The number of nitriles is 1. The molecule has 0 fully saturated rings. The fourth-order valence-electron chi connectivity index (χ4n) is 3.50. The maximum absolute atomic E-state index is 12.2. The van der Waals surface area contributed by atoms with Crippen LogP contribution in [0.4, 0.5) is 0 Å². The molecule has 2 heterocycles. The van der Waals surface area contributed by atoms with Crippen LogP contribution in [0.1, 0.15) is 24.2 Å². The standard InChI is InChI=1S/C21H17ClN6O/c1-11(24)19-15-8-12(6-7-14(15)21(29)27-26-19)17-10-25-28(2)20(17)13-4-3-5-18(22)16(13)9-23/h3-8,10-11H,24H2,1-2H3,(H,27,29)/t11-/m1/s1. The number of fused-ring (bicyclic) bond motifs is 1. The highest BCUT2D eigenvalue weighted by Crippen LogP contribution is 2.36. The molecule has 0 saturated heterocycles.